The van der Waals surface area contributed by atoms with E-state index in [1.807, 2.05) is 0 Å². The Balaban J connectivity index is 1.13. The molecule has 4 aromatic heterocycles. The second-order valence-electron chi connectivity index (χ2n) is 10.1. The average Bonchev–Trinajstić information content (AvgIpc) is 3.70. The Morgan fingerprint density at radius 3 is 1.57 bits per heavy atom. The monoisotopic (exact) mass is 658 g/mol. The average molecular weight is 658 g/mol. The van der Waals surface area contributed by atoms with Gasteiger partial charge in [0.05, 0.1) is 25.9 Å². The number of nitrogens with two attached hydrogens (primary N) is 2. The van der Waals surface area contributed by atoms with Crippen molar-refractivity contribution in [2.75, 3.05) is 24.7 Å². The Morgan fingerprint density at radius 1 is 0.750 bits per heavy atom. The Labute approximate surface area is 243 Å². The van der Waals surface area contributed by atoms with Gasteiger partial charge in [-0.2, -0.15) is 9.97 Å². The van der Waals surface area contributed by atoms with E-state index in [1.54, 1.807) is 0 Å². The molecule has 44 heavy (non-hydrogen) atoms. The quantitative estimate of drug-likeness (QED) is 0.141. The number of ether oxygens (including phenoxy) is 2. The molecule has 0 amide bonds. The summed E-state index contributed by atoms with van der Waals surface area (Å²) in [6.07, 6.45) is -4.37. The number of nitrogens with one attached hydrogen (secondary N) is 2. The minimum Gasteiger partial charge on any atom is -0.369 e. The van der Waals surface area contributed by atoms with Crippen LogP contribution in [0.2, 0.25) is 0 Å². The van der Waals surface area contributed by atoms with Gasteiger partial charge in [-0.1, -0.05) is 0 Å². The van der Waals surface area contributed by atoms with Crippen molar-refractivity contribution in [2.24, 2.45) is 0 Å². The Hall–Kier alpha value is -3.56. The van der Waals surface area contributed by atoms with E-state index in [1.165, 1.54) is 21.8 Å². The molecular weight excluding hydrogens is 634 g/mol. The number of nitrogens with zero attached hydrogens (tertiary/aromatic N) is 6. The molecule has 0 spiro atoms. The number of H-pyrrole nitrogens is 2. The van der Waals surface area contributed by atoms with Gasteiger partial charge in [0.2, 0.25) is 11.9 Å². The highest BCUT2D eigenvalue weighted by atomic mass is 31.2. The standard InChI is InChI=1S/C20H24N10O12P2/c21-19-25-15-13(17(31)27-19)23-5-29(15)11-1-7-9(39-11)3-37-44(35,36)42-8-2-12(40-10(8)4-38-43(33,34)41-7)30-6-24-14-16(30)26-20(22)28-18(14)32/h5-12H,1-4H2,(H,33,34)(H,35,36)(H3,21,25,27,31)(H3,22,26,28,32)/t7-,8-,9-,10-,11-,12-/m1/s1. The van der Waals surface area contributed by atoms with Crippen LogP contribution in [-0.4, -0.2) is 86.5 Å². The van der Waals surface area contributed by atoms with E-state index in [-0.39, 0.29) is 47.1 Å². The lowest BCUT2D eigenvalue weighted by Gasteiger charge is -2.26. The summed E-state index contributed by atoms with van der Waals surface area (Å²) in [5.74, 6) is -0.351. The number of anilines is 2. The molecule has 8 atom stereocenters. The Bertz CT molecular complexity index is 1840. The topological polar surface area (TPSA) is 309 Å². The maximum Gasteiger partial charge on any atom is 0.472 e. The maximum absolute atomic E-state index is 13.0. The molecule has 22 nitrogen and oxygen atoms in total. The molecule has 2 unspecified atom stereocenters. The Kier molecular flexibility index (Phi) is 6.97. The molecule has 8 N–H and O–H groups in total. The number of hydrogen-bond donors (Lipinski definition) is 6. The summed E-state index contributed by atoms with van der Waals surface area (Å²) in [6.45, 7) is -1.23. The first kappa shape index (κ1) is 29.2. The van der Waals surface area contributed by atoms with Crippen LogP contribution in [0.1, 0.15) is 25.3 Å². The van der Waals surface area contributed by atoms with E-state index in [0.717, 1.165) is 0 Å². The fraction of sp³-hybridized carbons (Fsp3) is 0.500. The molecule has 0 bridgehead atoms. The first-order chi connectivity index (χ1) is 20.9. The van der Waals surface area contributed by atoms with Crippen LogP contribution in [0.3, 0.4) is 0 Å². The zero-order chi connectivity index (χ0) is 31.0. The number of aromatic nitrogens is 8. The van der Waals surface area contributed by atoms with E-state index in [2.05, 4.69) is 29.9 Å². The molecule has 4 aromatic rings. The number of phosphoric ester groups is 2. The minimum absolute atomic E-state index is 0.0325. The lowest BCUT2D eigenvalue weighted by molar-refractivity contribution is -0.0661. The molecule has 7 heterocycles. The second kappa shape index (κ2) is 10.5. The van der Waals surface area contributed by atoms with Gasteiger partial charge in [0.1, 0.15) is 36.9 Å². The number of aromatic amines is 2. The van der Waals surface area contributed by atoms with E-state index < -0.39 is 76.8 Å². The summed E-state index contributed by atoms with van der Waals surface area (Å²) < 4.78 is 61.9. The van der Waals surface area contributed by atoms with E-state index in [4.69, 9.17) is 39.0 Å². The third kappa shape index (κ3) is 5.34. The predicted molar refractivity (Wildman–Crippen MR) is 143 cm³/mol. The molecule has 3 aliphatic rings. The number of nitrogen functional groups attached to an aromatic ring is 2. The number of fused-ring (bicyclic) bond motifs is 4. The Morgan fingerprint density at radius 2 is 1.16 bits per heavy atom. The van der Waals surface area contributed by atoms with Crippen LogP contribution in [0.25, 0.3) is 22.3 Å². The van der Waals surface area contributed by atoms with E-state index >= 15 is 0 Å². The van der Waals surface area contributed by atoms with Crippen molar-refractivity contribution in [1.29, 1.82) is 0 Å². The highest BCUT2D eigenvalue weighted by Gasteiger charge is 2.47. The number of hydrogen-bond acceptors (Lipinski definition) is 16. The molecular formula is C20H24N10O12P2. The van der Waals surface area contributed by atoms with Crippen molar-refractivity contribution in [3.8, 4) is 0 Å². The normalized spacial score (nSPS) is 34.9. The predicted octanol–water partition coefficient (Wildman–Crippen LogP) is -0.990. The molecule has 24 heteroatoms. The summed E-state index contributed by atoms with van der Waals surface area (Å²) in [5, 5.41) is 0. The van der Waals surface area contributed by atoms with Gasteiger partial charge < -0.3 is 30.7 Å². The van der Waals surface area contributed by atoms with Gasteiger partial charge in [-0.15, -0.1) is 0 Å². The largest absolute Gasteiger partial charge is 0.472 e. The summed E-state index contributed by atoms with van der Waals surface area (Å²) in [6, 6.07) is 0. The van der Waals surface area contributed by atoms with Crippen LogP contribution in [0.15, 0.2) is 22.2 Å². The van der Waals surface area contributed by atoms with Crippen molar-refractivity contribution < 1.29 is 46.5 Å². The van der Waals surface area contributed by atoms with Crippen molar-refractivity contribution in [3.05, 3.63) is 33.4 Å². The van der Waals surface area contributed by atoms with Crippen LogP contribution in [-0.2, 0) is 36.7 Å². The van der Waals surface area contributed by atoms with Crippen molar-refractivity contribution in [3.63, 3.8) is 0 Å². The number of imidazole rings is 2. The number of phosphoric acid groups is 2. The second-order valence-corrected chi connectivity index (χ2v) is 12.9. The summed E-state index contributed by atoms with van der Waals surface area (Å²) in [7, 11) is -9.60. The maximum atomic E-state index is 13.0. The summed E-state index contributed by atoms with van der Waals surface area (Å²) >= 11 is 0. The molecule has 3 saturated heterocycles. The SMILES string of the molecule is Nc1nc2c(ncn2[C@H]2C[C@H]3OP(=O)(O)OC[C@H]4O[C@@H](n5cnc6c(=O)[nH]c(N)nc65)C[C@H]4OP(=O)(O)OC[C@H]3O2)c(=O)[nH]1. The van der Waals surface area contributed by atoms with Crippen molar-refractivity contribution in [2.45, 2.75) is 49.7 Å². The van der Waals surface area contributed by atoms with Gasteiger partial charge in [0.15, 0.2) is 22.3 Å². The summed E-state index contributed by atoms with van der Waals surface area (Å²) in [4.78, 5) is 66.4. The van der Waals surface area contributed by atoms with Gasteiger partial charge in [-0.05, 0) is 0 Å². The zero-order valence-corrected chi connectivity index (χ0v) is 23.9. The molecule has 0 radical (unpaired) electrons. The lowest BCUT2D eigenvalue weighted by Crippen LogP contribution is -2.32. The number of rotatable bonds is 2. The van der Waals surface area contributed by atoms with Gasteiger partial charge in [0.25, 0.3) is 11.1 Å². The van der Waals surface area contributed by atoms with Crippen LogP contribution >= 0.6 is 15.6 Å². The zero-order valence-electron chi connectivity index (χ0n) is 22.2. The highest BCUT2D eigenvalue weighted by molar-refractivity contribution is 7.47. The summed E-state index contributed by atoms with van der Waals surface area (Å²) in [5.41, 5.74) is 10.2. The molecule has 7 rings (SSSR count). The third-order valence-corrected chi connectivity index (χ3v) is 9.25. The first-order valence-corrected chi connectivity index (χ1v) is 15.9. The van der Waals surface area contributed by atoms with Gasteiger partial charge >= 0.3 is 15.6 Å². The molecule has 0 aromatic carbocycles. The fourth-order valence-corrected chi connectivity index (χ4v) is 7.23. The molecule has 3 fully saturated rings. The molecule has 236 valence electrons. The van der Waals surface area contributed by atoms with Gasteiger partial charge in [-0.3, -0.25) is 46.8 Å². The van der Waals surface area contributed by atoms with Gasteiger partial charge in [0, 0.05) is 12.8 Å². The van der Waals surface area contributed by atoms with Crippen LogP contribution in [0.5, 0.6) is 0 Å². The minimum atomic E-state index is -4.80. The lowest BCUT2D eigenvalue weighted by atomic mass is 10.2. The van der Waals surface area contributed by atoms with Gasteiger partial charge in [-0.25, -0.2) is 19.1 Å². The molecule has 0 aliphatic carbocycles. The van der Waals surface area contributed by atoms with Crippen molar-refractivity contribution in [1.82, 2.24) is 39.0 Å². The third-order valence-electron chi connectivity index (χ3n) is 7.22. The van der Waals surface area contributed by atoms with Crippen molar-refractivity contribution >= 4 is 49.9 Å². The highest BCUT2D eigenvalue weighted by Crippen LogP contribution is 2.53. The first-order valence-electron chi connectivity index (χ1n) is 12.9. The molecule has 3 aliphatic heterocycles. The van der Waals surface area contributed by atoms with Crippen LogP contribution < -0.4 is 22.6 Å². The smallest absolute Gasteiger partial charge is 0.369 e. The van der Waals surface area contributed by atoms with E-state index in [9.17, 15) is 28.5 Å². The van der Waals surface area contributed by atoms with E-state index in [0.29, 0.717) is 0 Å². The molecule has 0 saturated carbocycles. The van der Waals surface area contributed by atoms with Crippen LogP contribution in [0.4, 0.5) is 11.9 Å². The van der Waals surface area contributed by atoms with Crippen LogP contribution in [0, 0.1) is 0 Å². The fourth-order valence-electron chi connectivity index (χ4n) is 5.31.